The summed E-state index contributed by atoms with van der Waals surface area (Å²) in [5.74, 6) is 1.51. The Bertz CT molecular complexity index is 364. The second-order valence-corrected chi connectivity index (χ2v) is 4.34. The predicted molar refractivity (Wildman–Crippen MR) is 68.4 cm³/mol. The van der Waals surface area contributed by atoms with Crippen molar-refractivity contribution in [3.63, 3.8) is 0 Å². The number of aromatic nitrogens is 2. The highest BCUT2D eigenvalue weighted by Crippen LogP contribution is 2.14. The molecule has 2 rings (SSSR count). The molecule has 0 spiro atoms. The van der Waals surface area contributed by atoms with Crippen LogP contribution in [-0.4, -0.2) is 36.3 Å². The molecule has 1 aromatic heterocycles. The Morgan fingerprint density at radius 1 is 1.41 bits per heavy atom. The van der Waals surface area contributed by atoms with Gasteiger partial charge in [-0.1, -0.05) is 0 Å². The highest BCUT2D eigenvalue weighted by Gasteiger charge is 2.13. The molecule has 0 aromatic carbocycles. The summed E-state index contributed by atoms with van der Waals surface area (Å²) in [6, 6.07) is 1.95. The van der Waals surface area contributed by atoms with Crippen molar-refractivity contribution in [3.8, 4) is 0 Å². The van der Waals surface area contributed by atoms with Crippen LogP contribution in [0.5, 0.6) is 0 Å². The minimum atomic E-state index is 0.317. The van der Waals surface area contributed by atoms with Crippen molar-refractivity contribution in [1.82, 2.24) is 9.97 Å². The van der Waals surface area contributed by atoms with Crippen molar-refractivity contribution < 1.29 is 4.74 Å². The molecule has 1 unspecified atom stereocenters. The SMILES string of the molecule is CNc1nc(C)cc(NCC2CCCCO2)n1. The second-order valence-electron chi connectivity index (χ2n) is 4.34. The molecule has 1 aliphatic heterocycles. The Hall–Kier alpha value is -1.36. The Labute approximate surface area is 102 Å². The van der Waals surface area contributed by atoms with Gasteiger partial charge in [0.05, 0.1) is 6.10 Å². The molecule has 0 bridgehead atoms. The van der Waals surface area contributed by atoms with E-state index in [4.69, 9.17) is 4.74 Å². The molecule has 1 atom stereocenters. The second kappa shape index (κ2) is 5.82. The van der Waals surface area contributed by atoms with Gasteiger partial charge in [-0.3, -0.25) is 0 Å². The van der Waals surface area contributed by atoms with Gasteiger partial charge in [-0.25, -0.2) is 4.98 Å². The van der Waals surface area contributed by atoms with Crippen LogP contribution in [0.1, 0.15) is 25.0 Å². The molecule has 0 aliphatic carbocycles. The fourth-order valence-electron chi connectivity index (χ4n) is 1.96. The lowest BCUT2D eigenvalue weighted by molar-refractivity contribution is 0.0247. The van der Waals surface area contributed by atoms with Crippen molar-refractivity contribution >= 4 is 11.8 Å². The molecular formula is C12H20N4O. The summed E-state index contributed by atoms with van der Waals surface area (Å²) in [6.45, 7) is 3.67. The summed E-state index contributed by atoms with van der Waals surface area (Å²) in [7, 11) is 1.82. The Balaban J connectivity index is 1.91. The van der Waals surface area contributed by atoms with Gasteiger partial charge in [-0.15, -0.1) is 0 Å². The minimum absolute atomic E-state index is 0.317. The highest BCUT2D eigenvalue weighted by molar-refractivity contribution is 5.41. The van der Waals surface area contributed by atoms with Gasteiger partial charge in [0, 0.05) is 32.0 Å². The zero-order valence-electron chi connectivity index (χ0n) is 10.5. The van der Waals surface area contributed by atoms with E-state index in [1.165, 1.54) is 12.8 Å². The van der Waals surface area contributed by atoms with Gasteiger partial charge in [0.1, 0.15) is 5.82 Å². The van der Waals surface area contributed by atoms with Crippen LogP contribution in [-0.2, 0) is 4.74 Å². The number of nitrogens with one attached hydrogen (secondary N) is 2. The molecule has 1 aromatic rings. The maximum absolute atomic E-state index is 5.66. The molecule has 17 heavy (non-hydrogen) atoms. The Morgan fingerprint density at radius 2 is 2.29 bits per heavy atom. The summed E-state index contributed by atoms with van der Waals surface area (Å²) in [5.41, 5.74) is 0.955. The molecule has 2 N–H and O–H groups in total. The topological polar surface area (TPSA) is 59.1 Å². The zero-order valence-corrected chi connectivity index (χ0v) is 10.5. The van der Waals surface area contributed by atoms with E-state index in [0.29, 0.717) is 12.1 Å². The zero-order chi connectivity index (χ0) is 12.1. The maximum atomic E-state index is 5.66. The van der Waals surface area contributed by atoms with Crippen molar-refractivity contribution in [3.05, 3.63) is 11.8 Å². The molecule has 1 aliphatic rings. The fourth-order valence-corrected chi connectivity index (χ4v) is 1.96. The maximum Gasteiger partial charge on any atom is 0.224 e. The van der Waals surface area contributed by atoms with E-state index in [1.54, 1.807) is 0 Å². The fraction of sp³-hybridized carbons (Fsp3) is 0.667. The highest BCUT2D eigenvalue weighted by atomic mass is 16.5. The first-order valence-corrected chi connectivity index (χ1v) is 6.17. The van der Waals surface area contributed by atoms with Crippen LogP contribution >= 0.6 is 0 Å². The lowest BCUT2D eigenvalue weighted by Gasteiger charge is -2.23. The first-order valence-electron chi connectivity index (χ1n) is 6.17. The first-order chi connectivity index (χ1) is 8.28. The normalized spacial score (nSPS) is 20.0. The van der Waals surface area contributed by atoms with Crippen LogP contribution in [0.15, 0.2) is 6.07 Å². The number of hydrogen-bond acceptors (Lipinski definition) is 5. The van der Waals surface area contributed by atoms with Crippen LogP contribution in [0.2, 0.25) is 0 Å². The monoisotopic (exact) mass is 236 g/mol. The van der Waals surface area contributed by atoms with E-state index in [9.17, 15) is 0 Å². The molecule has 0 amide bonds. The first kappa shape index (κ1) is 12.1. The van der Waals surface area contributed by atoms with Crippen LogP contribution in [0.25, 0.3) is 0 Å². The minimum Gasteiger partial charge on any atom is -0.376 e. The average Bonchev–Trinajstić information content (AvgIpc) is 2.37. The summed E-state index contributed by atoms with van der Waals surface area (Å²) in [6.07, 6.45) is 3.90. The van der Waals surface area contributed by atoms with Gasteiger partial charge in [0.15, 0.2) is 0 Å². The molecule has 1 fully saturated rings. The van der Waals surface area contributed by atoms with E-state index in [-0.39, 0.29) is 0 Å². The number of aryl methyl sites for hydroxylation is 1. The lowest BCUT2D eigenvalue weighted by Crippen LogP contribution is -2.27. The van der Waals surface area contributed by atoms with Crippen molar-refractivity contribution in [2.75, 3.05) is 30.8 Å². The van der Waals surface area contributed by atoms with Gasteiger partial charge in [0.2, 0.25) is 5.95 Å². The van der Waals surface area contributed by atoms with E-state index in [1.807, 2.05) is 20.0 Å². The van der Waals surface area contributed by atoms with Gasteiger partial charge < -0.3 is 15.4 Å². The molecule has 5 nitrogen and oxygen atoms in total. The van der Waals surface area contributed by atoms with E-state index in [2.05, 4.69) is 20.6 Å². The third-order valence-corrected chi connectivity index (χ3v) is 2.86. The van der Waals surface area contributed by atoms with Gasteiger partial charge >= 0.3 is 0 Å². The predicted octanol–water partition coefficient (Wildman–Crippen LogP) is 1.81. The van der Waals surface area contributed by atoms with Crippen LogP contribution in [0.4, 0.5) is 11.8 Å². The number of anilines is 2. The largest absolute Gasteiger partial charge is 0.376 e. The quantitative estimate of drug-likeness (QED) is 0.835. The smallest absolute Gasteiger partial charge is 0.224 e. The molecule has 1 saturated heterocycles. The molecule has 94 valence electrons. The van der Waals surface area contributed by atoms with Crippen LogP contribution in [0.3, 0.4) is 0 Å². The van der Waals surface area contributed by atoms with Crippen LogP contribution in [0, 0.1) is 6.92 Å². The summed E-state index contributed by atoms with van der Waals surface area (Å²) < 4.78 is 5.66. The summed E-state index contributed by atoms with van der Waals surface area (Å²) in [4.78, 5) is 8.60. The lowest BCUT2D eigenvalue weighted by atomic mass is 10.1. The van der Waals surface area contributed by atoms with E-state index < -0.39 is 0 Å². The standard InChI is InChI=1S/C12H20N4O/c1-9-7-11(16-12(13-2)15-9)14-8-10-5-3-4-6-17-10/h7,10H,3-6,8H2,1-2H3,(H2,13,14,15,16). The number of ether oxygens (including phenoxy) is 1. The van der Waals surface area contributed by atoms with Crippen molar-refractivity contribution in [2.45, 2.75) is 32.3 Å². The molecular weight excluding hydrogens is 216 g/mol. The molecule has 2 heterocycles. The number of hydrogen-bond donors (Lipinski definition) is 2. The van der Waals surface area contributed by atoms with Crippen LogP contribution < -0.4 is 10.6 Å². The van der Waals surface area contributed by atoms with Crippen molar-refractivity contribution in [2.24, 2.45) is 0 Å². The van der Waals surface area contributed by atoms with E-state index >= 15 is 0 Å². The van der Waals surface area contributed by atoms with Crippen molar-refractivity contribution in [1.29, 1.82) is 0 Å². The third kappa shape index (κ3) is 3.56. The van der Waals surface area contributed by atoms with Gasteiger partial charge in [-0.2, -0.15) is 4.98 Å². The molecule has 5 heteroatoms. The average molecular weight is 236 g/mol. The Morgan fingerprint density at radius 3 is 3.00 bits per heavy atom. The number of rotatable bonds is 4. The van der Waals surface area contributed by atoms with Gasteiger partial charge in [0.25, 0.3) is 0 Å². The van der Waals surface area contributed by atoms with E-state index in [0.717, 1.165) is 31.1 Å². The molecule has 0 saturated carbocycles. The third-order valence-electron chi connectivity index (χ3n) is 2.86. The number of nitrogens with zero attached hydrogens (tertiary/aromatic N) is 2. The summed E-state index contributed by atoms with van der Waals surface area (Å²) in [5, 5.41) is 6.27. The molecule has 0 radical (unpaired) electrons. The summed E-state index contributed by atoms with van der Waals surface area (Å²) >= 11 is 0. The van der Waals surface area contributed by atoms with Gasteiger partial charge in [-0.05, 0) is 26.2 Å². The Kier molecular flexibility index (Phi) is 4.14.